The van der Waals surface area contributed by atoms with Crippen LogP contribution in [-0.2, 0) is 14.3 Å². The first-order chi connectivity index (χ1) is 13.0. The molecule has 7 heteroatoms. The lowest BCUT2D eigenvalue weighted by molar-refractivity contribution is -0.145. The molecule has 2 aromatic carbocycles. The number of ketones is 1. The van der Waals surface area contributed by atoms with Crippen LogP contribution in [0.1, 0.15) is 23.7 Å². The number of Topliss-reactive ketones (excluding diaryl/α,β-unsaturated/α-hetero) is 1. The normalized spacial score (nSPS) is 14.6. The van der Waals surface area contributed by atoms with Crippen LogP contribution >= 0.6 is 0 Å². The zero-order valence-corrected chi connectivity index (χ0v) is 14.7. The Morgan fingerprint density at radius 3 is 2.63 bits per heavy atom. The topological polar surface area (TPSA) is 72.9 Å². The summed E-state index contributed by atoms with van der Waals surface area (Å²) in [6.07, 6.45) is -0.928. The molecule has 0 spiro atoms. The van der Waals surface area contributed by atoms with Crippen LogP contribution in [0.4, 0.5) is 10.1 Å². The zero-order chi connectivity index (χ0) is 19.4. The summed E-state index contributed by atoms with van der Waals surface area (Å²) in [4.78, 5) is 38.2. The minimum atomic E-state index is -1.06. The van der Waals surface area contributed by atoms with E-state index in [9.17, 15) is 18.8 Å². The van der Waals surface area contributed by atoms with Crippen LogP contribution in [0.25, 0.3) is 0 Å². The number of amides is 1. The van der Waals surface area contributed by atoms with Gasteiger partial charge < -0.3 is 9.47 Å². The molecule has 2 aromatic rings. The van der Waals surface area contributed by atoms with E-state index in [2.05, 4.69) is 0 Å². The molecule has 0 bridgehead atoms. The maximum Gasteiger partial charge on any atom is 0.326 e. The number of carbonyl (C=O) groups is 3. The first-order valence-corrected chi connectivity index (χ1v) is 8.47. The molecule has 27 heavy (non-hydrogen) atoms. The van der Waals surface area contributed by atoms with Crippen molar-refractivity contribution in [2.75, 3.05) is 18.1 Å². The number of halogens is 1. The van der Waals surface area contributed by atoms with Crippen LogP contribution in [-0.4, -0.2) is 36.9 Å². The third-order valence-corrected chi connectivity index (χ3v) is 4.12. The fourth-order valence-corrected chi connectivity index (χ4v) is 2.76. The molecule has 140 valence electrons. The molecule has 0 N–H and O–H groups in total. The number of fused-ring (bicyclic) bond motifs is 1. The van der Waals surface area contributed by atoms with Gasteiger partial charge in [-0.25, -0.2) is 4.39 Å². The van der Waals surface area contributed by atoms with E-state index in [4.69, 9.17) is 9.47 Å². The molecule has 6 nitrogen and oxygen atoms in total. The van der Waals surface area contributed by atoms with Crippen LogP contribution in [0.3, 0.4) is 0 Å². The minimum Gasteiger partial charge on any atom is -0.491 e. The monoisotopic (exact) mass is 371 g/mol. The van der Waals surface area contributed by atoms with E-state index in [-0.39, 0.29) is 31.0 Å². The largest absolute Gasteiger partial charge is 0.491 e. The summed E-state index contributed by atoms with van der Waals surface area (Å²) in [6.45, 7) is 1.33. The molecule has 1 aliphatic heterocycles. The Hall–Kier alpha value is -3.22. The van der Waals surface area contributed by atoms with Gasteiger partial charge in [-0.3, -0.25) is 19.3 Å². The van der Waals surface area contributed by atoms with Crippen LogP contribution in [0.2, 0.25) is 0 Å². The Morgan fingerprint density at radius 2 is 1.89 bits per heavy atom. The number of ether oxygens (including phenoxy) is 2. The Balaban J connectivity index is 1.68. The summed E-state index contributed by atoms with van der Waals surface area (Å²) in [5.41, 5.74) is 0.718. The fourth-order valence-electron chi connectivity index (χ4n) is 2.76. The number of esters is 1. The maximum absolute atomic E-state index is 13.0. The highest BCUT2D eigenvalue weighted by Gasteiger charge is 2.27. The Labute approximate surface area is 155 Å². The molecule has 0 saturated heterocycles. The molecule has 1 heterocycles. The smallest absolute Gasteiger partial charge is 0.326 e. The Kier molecular flexibility index (Phi) is 5.49. The number of nitrogens with zero attached hydrogens (tertiary/aromatic N) is 1. The van der Waals surface area contributed by atoms with Crippen molar-refractivity contribution in [1.82, 2.24) is 0 Å². The third kappa shape index (κ3) is 4.31. The van der Waals surface area contributed by atoms with Crippen molar-refractivity contribution in [3.05, 3.63) is 59.9 Å². The van der Waals surface area contributed by atoms with Crippen LogP contribution in [0.15, 0.2) is 48.5 Å². The molecule has 1 amide bonds. The van der Waals surface area contributed by atoms with E-state index in [1.165, 1.54) is 24.0 Å². The van der Waals surface area contributed by atoms with E-state index in [1.54, 1.807) is 24.3 Å². The predicted molar refractivity (Wildman–Crippen MR) is 95.2 cm³/mol. The highest BCUT2D eigenvalue weighted by Crippen LogP contribution is 2.30. The number of benzene rings is 2. The minimum absolute atomic E-state index is 0.131. The van der Waals surface area contributed by atoms with Gasteiger partial charge in [0, 0.05) is 5.56 Å². The number of hydrogen-bond donors (Lipinski definition) is 0. The number of hydrogen-bond acceptors (Lipinski definition) is 5. The van der Waals surface area contributed by atoms with Gasteiger partial charge in [0.15, 0.2) is 6.10 Å². The van der Waals surface area contributed by atoms with Crippen LogP contribution in [0, 0.1) is 5.82 Å². The van der Waals surface area contributed by atoms with Crippen molar-refractivity contribution < 1.29 is 28.2 Å². The second-order valence-electron chi connectivity index (χ2n) is 6.05. The number of anilines is 1. The summed E-state index contributed by atoms with van der Waals surface area (Å²) in [6, 6.07) is 11.9. The molecule has 0 radical (unpaired) electrons. The molecular formula is C20H18FNO5. The molecule has 0 aromatic heterocycles. The van der Waals surface area contributed by atoms with Crippen molar-refractivity contribution in [3.8, 4) is 5.75 Å². The van der Waals surface area contributed by atoms with Crippen LogP contribution in [0.5, 0.6) is 5.75 Å². The van der Waals surface area contributed by atoms with Gasteiger partial charge in [0.1, 0.15) is 18.1 Å². The molecule has 0 unspecified atom stereocenters. The highest BCUT2D eigenvalue weighted by atomic mass is 19.1. The van der Waals surface area contributed by atoms with Gasteiger partial charge in [0.05, 0.1) is 18.7 Å². The van der Waals surface area contributed by atoms with Gasteiger partial charge in [0.25, 0.3) is 0 Å². The molecule has 1 atom stereocenters. The van der Waals surface area contributed by atoms with Gasteiger partial charge in [-0.15, -0.1) is 0 Å². The van der Waals surface area contributed by atoms with Crippen molar-refractivity contribution in [3.63, 3.8) is 0 Å². The van der Waals surface area contributed by atoms with Gasteiger partial charge in [-0.1, -0.05) is 12.1 Å². The van der Waals surface area contributed by atoms with Gasteiger partial charge >= 0.3 is 5.97 Å². The van der Waals surface area contributed by atoms with Crippen molar-refractivity contribution in [2.24, 2.45) is 0 Å². The van der Waals surface area contributed by atoms with Crippen molar-refractivity contribution >= 4 is 23.3 Å². The molecule has 3 rings (SSSR count). The molecule has 0 fully saturated rings. The molecule has 0 aliphatic carbocycles. The molecule has 0 saturated carbocycles. The second-order valence-corrected chi connectivity index (χ2v) is 6.05. The fraction of sp³-hybridized carbons (Fsp3) is 0.250. The SMILES string of the molecule is C[C@@H](OC(=O)CN1C(=O)CCOc2ccccc21)C(=O)c1ccc(F)cc1. The standard InChI is InChI=1S/C20H18FNO5/c1-13(20(25)14-6-8-15(21)9-7-14)27-19(24)12-22-16-4-2-3-5-17(16)26-11-10-18(22)23/h2-9,13H,10-12H2,1H3/t13-/m1/s1. The lowest BCUT2D eigenvalue weighted by Crippen LogP contribution is -2.38. The average molecular weight is 371 g/mol. The first kappa shape index (κ1) is 18.6. The Bertz CT molecular complexity index is 865. The summed E-state index contributed by atoms with van der Waals surface area (Å²) < 4.78 is 23.7. The zero-order valence-electron chi connectivity index (χ0n) is 14.7. The van der Waals surface area contributed by atoms with E-state index in [0.29, 0.717) is 11.4 Å². The van der Waals surface area contributed by atoms with Crippen molar-refractivity contribution in [1.29, 1.82) is 0 Å². The predicted octanol–water partition coefficient (Wildman–Crippen LogP) is 2.76. The summed E-state index contributed by atoms with van der Waals surface area (Å²) in [5.74, 6) is -1.39. The Morgan fingerprint density at radius 1 is 1.19 bits per heavy atom. The number of carbonyl (C=O) groups excluding carboxylic acids is 3. The van der Waals surface area contributed by atoms with E-state index in [0.717, 1.165) is 12.1 Å². The average Bonchev–Trinajstić information content (AvgIpc) is 2.81. The quantitative estimate of drug-likeness (QED) is 0.597. The summed E-state index contributed by atoms with van der Waals surface area (Å²) in [5, 5.41) is 0. The van der Waals surface area contributed by atoms with Gasteiger partial charge in [-0.2, -0.15) is 0 Å². The second kappa shape index (κ2) is 7.99. The lowest BCUT2D eigenvalue weighted by atomic mass is 10.1. The number of rotatable bonds is 5. The maximum atomic E-state index is 13.0. The van der Waals surface area contributed by atoms with Gasteiger partial charge in [-0.05, 0) is 43.3 Å². The van der Waals surface area contributed by atoms with E-state index in [1.807, 2.05) is 0 Å². The van der Waals surface area contributed by atoms with Crippen molar-refractivity contribution in [2.45, 2.75) is 19.4 Å². The summed E-state index contributed by atoms with van der Waals surface area (Å²) in [7, 11) is 0. The molecular weight excluding hydrogens is 353 g/mol. The lowest BCUT2D eigenvalue weighted by Gasteiger charge is -2.22. The highest BCUT2D eigenvalue weighted by molar-refractivity contribution is 6.02. The van der Waals surface area contributed by atoms with Crippen LogP contribution < -0.4 is 9.64 Å². The van der Waals surface area contributed by atoms with E-state index < -0.39 is 23.7 Å². The molecule has 1 aliphatic rings. The summed E-state index contributed by atoms with van der Waals surface area (Å²) >= 11 is 0. The van der Waals surface area contributed by atoms with Gasteiger partial charge in [0.2, 0.25) is 11.7 Å². The number of para-hydroxylation sites is 2. The third-order valence-electron chi connectivity index (χ3n) is 4.12. The first-order valence-electron chi connectivity index (χ1n) is 8.47. The van der Waals surface area contributed by atoms with E-state index >= 15 is 0 Å².